The molecule has 24 heavy (non-hydrogen) atoms. The third kappa shape index (κ3) is 3.24. The van der Waals surface area contributed by atoms with Gasteiger partial charge in [0.05, 0.1) is 17.8 Å². The first-order chi connectivity index (χ1) is 11.3. The summed E-state index contributed by atoms with van der Waals surface area (Å²) in [4.78, 5) is 15.6. The standard InChI is InChI=1S/C17H13F3N2O2/c1-10(14-8-11-4-2-3-5-13(11)24-14)16(23)22-12-6-7-15(21-9-12)17(18,19)20/h2-10H,1H3,(H,22,23). The molecule has 0 saturated carbocycles. The van der Waals surface area contributed by atoms with Crippen molar-refractivity contribution in [3.05, 3.63) is 60.1 Å². The van der Waals surface area contributed by atoms with Crippen LogP contribution in [0.5, 0.6) is 0 Å². The second-order valence-corrected chi connectivity index (χ2v) is 5.33. The molecule has 2 aromatic heterocycles. The molecule has 0 aliphatic carbocycles. The Balaban J connectivity index is 1.74. The second kappa shape index (κ2) is 5.99. The number of hydrogen-bond acceptors (Lipinski definition) is 3. The Kier molecular flexibility index (Phi) is 4.01. The number of carbonyl (C=O) groups is 1. The molecule has 0 radical (unpaired) electrons. The molecule has 2 heterocycles. The van der Waals surface area contributed by atoms with E-state index in [1.54, 1.807) is 19.1 Å². The Morgan fingerprint density at radius 1 is 1.21 bits per heavy atom. The Labute approximate surface area is 135 Å². The molecule has 0 fully saturated rings. The molecule has 0 aliphatic rings. The normalized spacial score (nSPS) is 13.0. The van der Waals surface area contributed by atoms with Crippen molar-refractivity contribution in [3.63, 3.8) is 0 Å². The van der Waals surface area contributed by atoms with Crippen molar-refractivity contribution in [3.8, 4) is 0 Å². The lowest BCUT2D eigenvalue weighted by Crippen LogP contribution is -2.19. The van der Waals surface area contributed by atoms with Crippen molar-refractivity contribution in [2.24, 2.45) is 0 Å². The lowest BCUT2D eigenvalue weighted by Gasteiger charge is -2.11. The predicted molar refractivity (Wildman–Crippen MR) is 82.5 cm³/mol. The highest BCUT2D eigenvalue weighted by Gasteiger charge is 2.32. The largest absolute Gasteiger partial charge is 0.460 e. The average Bonchev–Trinajstić information content (AvgIpc) is 2.97. The number of carbonyl (C=O) groups excluding carboxylic acids is 1. The number of aromatic nitrogens is 1. The molecule has 1 aromatic carbocycles. The third-order valence-electron chi connectivity index (χ3n) is 3.59. The van der Waals surface area contributed by atoms with E-state index >= 15 is 0 Å². The number of anilines is 1. The lowest BCUT2D eigenvalue weighted by molar-refractivity contribution is -0.141. The number of fused-ring (bicyclic) bond motifs is 1. The molecule has 3 aromatic rings. The molecule has 1 atom stereocenters. The van der Waals surface area contributed by atoms with Crippen molar-refractivity contribution in [1.82, 2.24) is 4.98 Å². The van der Waals surface area contributed by atoms with Gasteiger partial charge in [0.25, 0.3) is 0 Å². The summed E-state index contributed by atoms with van der Waals surface area (Å²) in [5.74, 6) is -0.510. The van der Waals surface area contributed by atoms with Crippen LogP contribution in [-0.4, -0.2) is 10.9 Å². The van der Waals surface area contributed by atoms with Crippen LogP contribution < -0.4 is 5.32 Å². The lowest BCUT2D eigenvalue weighted by atomic mass is 10.1. The van der Waals surface area contributed by atoms with Gasteiger partial charge >= 0.3 is 6.18 Å². The van der Waals surface area contributed by atoms with E-state index in [0.717, 1.165) is 17.6 Å². The average molecular weight is 334 g/mol. The van der Waals surface area contributed by atoms with Gasteiger partial charge in [0.1, 0.15) is 17.0 Å². The van der Waals surface area contributed by atoms with Crippen molar-refractivity contribution in [2.75, 3.05) is 5.32 Å². The fourth-order valence-electron chi connectivity index (χ4n) is 2.23. The van der Waals surface area contributed by atoms with E-state index in [2.05, 4.69) is 10.3 Å². The summed E-state index contributed by atoms with van der Waals surface area (Å²) in [6.45, 7) is 1.66. The number of nitrogens with zero attached hydrogens (tertiary/aromatic N) is 1. The molecular weight excluding hydrogens is 321 g/mol. The minimum atomic E-state index is -4.51. The van der Waals surface area contributed by atoms with E-state index in [4.69, 9.17) is 4.42 Å². The molecule has 0 aliphatic heterocycles. The van der Waals surface area contributed by atoms with E-state index in [1.165, 1.54) is 6.07 Å². The molecule has 1 amide bonds. The van der Waals surface area contributed by atoms with Gasteiger partial charge in [-0.1, -0.05) is 18.2 Å². The van der Waals surface area contributed by atoms with E-state index in [1.807, 2.05) is 18.2 Å². The van der Waals surface area contributed by atoms with Crippen molar-refractivity contribution >= 4 is 22.6 Å². The second-order valence-electron chi connectivity index (χ2n) is 5.33. The van der Waals surface area contributed by atoms with Gasteiger partial charge in [-0.15, -0.1) is 0 Å². The molecule has 7 heteroatoms. The molecule has 4 nitrogen and oxygen atoms in total. The fraction of sp³-hybridized carbons (Fsp3) is 0.176. The third-order valence-corrected chi connectivity index (χ3v) is 3.59. The van der Waals surface area contributed by atoms with E-state index < -0.39 is 23.7 Å². The predicted octanol–water partition coefficient (Wildman–Crippen LogP) is 4.59. The van der Waals surface area contributed by atoms with Gasteiger partial charge in [-0.25, -0.2) is 4.98 Å². The molecule has 1 N–H and O–H groups in total. The molecule has 0 bridgehead atoms. The number of benzene rings is 1. The Morgan fingerprint density at radius 3 is 2.58 bits per heavy atom. The van der Waals surface area contributed by atoms with Gasteiger partial charge in [-0.3, -0.25) is 4.79 Å². The number of nitrogens with one attached hydrogen (secondary N) is 1. The number of halogens is 3. The van der Waals surface area contributed by atoms with Crippen molar-refractivity contribution in [2.45, 2.75) is 19.0 Å². The molecule has 1 unspecified atom stereocenters. The topological polar surface area (TPSA) is 55.1 Å². The fourth-order valence-corrected chi connectivity index (χ4v) is 2.23. The maximum Gasteiger partial charge on any atom is 0.433 e. The molecule has 124 valence electrons. The maximum atomic E-state index is 12.5. The van der Waals surface area contributed by atoms with Gasteiger partial charge in [-0.05, 0) is 31.2 Å². The minimum Gasteiger partial charge on any atom is -0.460 e. The van der Waals surface area contributed by atoms with Crippen molar-refractivity contribution < 1.29 is 22.4 Å². The van der Waals surface area contributed by atoms with Crippen LogP contribution in [0.3, 0.4) is 0 Å². The van der Waals surface area contributed by atoms with E-state index in [0.29, 0.717) is 11.3 Å². The number of amides is 1. The smallest absolute Gasteiger partial charge is 0.433 e. The zero-order chi connectivity index (χ0) is 17.3. The maximum absolute atomic E-state index is 12.5. The summed E-state index contributed by atoms with van der Waals surface area (Å²) in [5.41, 5.74) is -0.148. The summed E-state index contributed by atoms with van der Waals surface area (Å²) in [5, 5.41) is 3.41. The number of pyridine rings is 1. The monoisotopic (exact) mass is 334 g/mol. The van der Waals surface area contributed by atoms with Crippen LogP contribution in [0.25, 0.3) is 11.0 Å². The molecule has 0 saturated heterocycles. The van der Waals surface area contributed by atoms with Gasteiger partial charge in [0.15, 0.2) is 0 Å². The Bertz CT molecular complexity index is 836. The summed E-state index contributed by atoms with van der Waals surface area (Å²) >= 11 is 0. The van der Waals surface area contributed by atoms with Crippen LogP contribution in [0.2, 0.25) is 0 Å². The highest BCUT2D eigenvalue weighted by molar-refractivity contribution is 5.95. The van der Waals surface area contributed by atoms with Crippen LogP contribution in [0.1, 0.15) is 24.3 Å². The van der Waals surface area contributed by atoms with Gasteiger partial charge in [-0.2, -0.15) is 13.2 Å². The van der Waals surface area contributed by atoms with E-state index in [9.17, 15) is 18.0 Å². The summed E-state index contributed by atoms with van der Waals surface area (Å²) in [7, 11) is 0. The first-order valence-corrected chi connectivity index (χ1v) is 7.17. The quantitative estimate of drug-likeness (QED) is 0.762. The SMILES string of the molecule is CC(C(=O)Nc1ccc(C(F)(F)F)nc1)c1cc2ccccc2o1. The number of alkyl halides is 3. The minimum absolute atomic E-state index is 0.191. The number of hydrogen-bond donors (Lipinski definition) is 1. The van der Waals surface area contributed by atoms with Gasteiger partial charge < -0.3 is 9.73 Å². The zero-order valence-corrected chi connectivity index (χ0v) is 12.6. The molecule has 0 spiro atoms. The Hall–Kier alpha value is -2.83. The summed E-state index contributed by atoms with van der Waals surface area (Å²) in [6.07, 6.45) is -3.53. The highest BCUT2D eigenvalue weighted by atomic mass is 19.4. The van der Waals surface area contributed by atoms with E-state index in [-0.39, 0.29) is 5.69 Å². The number of para-hydroxylation sites is 1. The number of furan rings is 1. The van der Waals surface area contributed by atoms with Gasteiger partial charge in [0, 0.05) is 5.39 Å². The van der Waals surface area contributed by atoms with Crippen LogP contribution in [-0.2, 0) is 11.0 Å². The number of rotatable bonds is 3. The highest BCUT2D eigenvalue weighted by Crippen LogP contribution is 2.29. The Morgan fingerprint density at radius 2 is 1.96 bits per heavy atom. The van der Waals surface area contributed by atoms with Crippen LogP contribution in [0.15, 0.2) is 53.1 Å². The first-order valence-electron chi connectivity index (χ1n) is 7.17. The zero-order valence-electron chi connectivity index (χ0n) is 12.6. The van der Waals surface area contributed by atoms with Gasteiger partial charge in [0.2, 0.25) is 5.91 Å². The summed E-state index contributed by atoms with van der Waals surface area (Å²) < 4.78 is 43.0. The van der Waals surface area contributed by atoms with Crippen LogP contribution >= 0.6 is 0 Å². The first kappa shape index (κ1) is 16.0. The summed E-state index contributed by atoms with van der Waals surface area (Å²) in [6, 6.07) is 11.1. The van der Waals surface area contributed by atoms with Crippen LogP contribution in [0, 0.1) is 0 Å². The molecule has 3 rings (SSSR count). The van der Waals surface area contributed by atoms with Crippen LogP contribution in [0.4, 0.5) is 18.9 Å². The molecular formula is C17H13F3N2O2. The van der Waals surface area contributed by atoms with Crippen molar-refractivity contribution in [1.29, 1.82) is 0 Å².